The summed E-state index contributed by atoms with van der Waals surface area (Å²) in [6, 6.07) is 3.58. The highest BCUT2D eigenvalue weighted by atomic mass is 35.5. The summed E-state index contributed by atoms with van der Waals surface area (Å²) in [7, 11) is 0. The summed E-state index contributed by atoms with van der Waals surface area (Å²) in [6.45, 7) is 15.4. The van der Waals surface area contributed by atoms with Crippen LogP contribution < -0.4 is 4.74 Å². The summed E-state index contributed by atoms with van der Waals surface area (Å²) in [5, 5.41) is 4.98. The Hall–Kier alpha value is -2.07. The normalized spacial score (nSPS) is 11.0. The van der Waals surface area contributed by atoms with Crippen LogP contribution in [0.25, 0.3) is 5.57 Å². The zero-order chi connectivity index (χ0) is 20.3. The third-order valence-corrected chi connectivity index (χ3v) is 4.99. The molecule has 146 valence electrons. The number of benzene rings is 1. The van der Waals surface area contributed by atoms with Gasteiger partial charge in [-0.15, -0.1) is 0 Å². The van der Waals surface area contributed by atoms with Crippen molar-refractivity contribution in [3.63, 3.8) is 0 Å². The van der Waals surface area contributed by atoms with Gasteiger partial charge in [0.25, 0.3) is 0 Å². The van der Waals surface area contributed by atoms with E-state index in [9.17, 15) is 4.79 Å². The fraction of sp³-hybridized carbons (Fsp3) is 0.455. The molecule has 1 aromatic carbocycles. The number of nitrogens with zero attached hydrogens (tertiary/aromatic N) is 2. The second-order valence-electron chi connectivity index (χ2n) is 7.43. The predicted octanol–water partition coefficient (Wildman–Crippen LogP) is 5.94. The number of ketones is 1. The molecule has 0 aliphatic heterocycles. The summed E-state index contributed by atoms with van der Waals surface area (Å²) < 4.78 is 7.65. The van der Waals surface area contributed by atoms with Crippen molar-refractivity contribution in [2.75, 3.05) is 6.61 Å². The Kier molecular flexibility index (Phi) is 6.88. The Morgan fingerprint density at radius 3 is 2.44 bits per heavy atom. The number of ether oxygens (including phenoxy) is 1. The standard InChI is InChI=1S/C22H29ClN2O2/c1-8-25-22(27-12-13(2)3)18(11-24-25)21(26)17-9-10-19(23)20(16(17)7)15(6)14(4)5/h9-11,13H,8,12H2,1-7H3. The van der Waals surface area contributed by atoms with Gasteiger partial charge in [-0.3, -0.25) is 4.79 Å². The van der Waals surface area contributed by atoms with Crippen LogP contribution in [0.3, 0.4) is 0 Å². The fourth-order valence-corrected chi connectivity index (χ4v) is 3.28. The summed E-state index contributed by atoms with van der Waals surface area (Å²) in [6.07, 6.45) is 1.60. The van der Waals surface area contributed by atoms with Gasteiger partial charge in [0.1, 0.15) is 5.56 Å². The number of carbonyl (C=O) groups is 1. The van der Waals surface area contributed by atoms with E-state index < -0.39 is 0 Å². The quantitative estimate of drug-likeness (QED) is 0.551. The molecular weight excluding hydrogens is 360 g/mol. The number of rotatable bonds is 7. The second-order valence-corrected chi connectivity index (χ2v) is 7.84. The first-order valence-electron chi connectivity index (χ1n) is 9.35. The van der Waals surface area contributed by atoms with Gasteiger partial charge in [0, 0.05) is 17.1 Å². The van der Waals surface area contributed by atoms with Crippen molar-refractivity contribution < 1.29 is 9.53 Å². The average molecular weight is 389 g/mol. The fourth-order valence-electron chi connectivity index (χ4n) is 2.93. The van der Waals surface area contributed by atoms with E-state index in [2.05, 4.69) is 18.9 Å². The van der Waals surface area contributed by atoms with Crippen molar-refractivity contribution in [3.8, 4) is 5.88 Å². The molecule has 0 saturated heterocycles. The van der Waals surface area contributed by atoms with Crippen LogP contribution in [-0.4, -0.2) is 22.2 Å². The average Bonchev–Trinajstić information content (AvgIpc) is 3.02. The van der Waals surface area contributed by atoms with Gasteiger partial charge < -0.3 is 4.74 Å². The van der Waals surface area contributed by atoms with Gasteiger partial charge in [-0.1, -0.05) is 31.0 Å². The minimum atomic E-state index is -0.0922. The Labute approximate surface area is 167 Å². The van der Waals surface area contributed by atoms with E-state index in [0.717, 1.165) is 16.7 Å². The third-order valence-electron chi connectivity index (χ3n) is 4.67. The second kappa shape index (κ2) is 8.75. The van der Waals surface area contributed by atoms with E-state index in [1.54, 1.807) is 23.0 Å². The Morgan fingerprint density at radius 2 is 1.89 bits per heavy atom. The Morgan fingerprint density at radius 1 is 1.22 bits per heavy atom. The van der Waals surface area contributed by atoms with Crippen molar-refractivity contribution >= 4 is 23.0 Å². The molecule has 0 unspecified atom stereocenters. The lowest BCUT2D eigenvalue weighted by atomic mass is 9.92. The number of hydrogen-bond acceptors (Lipinski definition) is 3. The summed E-state index contributed by atoms with van der Waals surface area (Å²) in [4.78, 5) is 13.3. The zero-order valence-corrected chi connectivity index (χ0v) is 18.1. The maximum Gasteiger partial charge on any atom is 0.223 e. The van der Waals surface area contributed by atoms with Gasteiger partial charge >= 0.3 is 0 Å². The number of allylic oxidation sites excluding steroid dienone is 2. The Bertz CT molecular complexity index is 875. The molecule has 0 saturated carbocycles. The van der Waals surface area contributed by atoms with Gasteiger partial charge in [-0.2, -0.15) is 5.10 Å². The molecule has 1 aromatic heterocycles. The summed E-state index contributed by atoms with van der Waals surface area (Å²) in [5.41, 5.74) is 5.18. The molecule has 2 aromatic rings. The summed E-state index contributed by atoms with van der Waals surface area (Å²) in [5.74, 6) is 0.800. The maximum absolute atomic E-state index is 13.3. The third kappa shape index (κ3) is 4.44. The zero-order valence-electron chi connectivity index (χ0n) is 17.3. The molecule has 0 fully saturated rings. The molecule has 2 rings (SSSR count). The van der Waals surface area contributed by atoms with E-state index >= 15 is 0 Å². The van der Waals surface area contributed by atoms with Gasteiger partial charge in [0.15, 0.2) is 5.78 Å². The number of aromatic nitrogens is 2. The van der Waals surface area contributed by atoms with Crippen molar-refractivity contribution in [1.82, 2.24) is 9.78 Å². The molecule has 0 spiro atoms. The van der Waals surface area contributed by atoms with Crippen LogP contribution in [0.15, 0.2) is 23.9 Å². The molecule has 4 nitrogen and oxygen atoms in total. The topological polar surface area (TPSA) is 44.1 Å². The minimum Gasteiger partial charge on any atom is -0.477 e. The highest BCUT2D eigenvalue weighted by molar-refractivity contribution is 6.32. The molecular formula is C22H29ClN2O2. The molecule has 5 heteroatoms. The largest absolute Gasteiger partial charge is 0.477 e. The molecule has 27 heavy (non-hydrogen) atoms. The number of halogens is 1. The SMILES string of the molecule is CCn1ncc(C(=O)c2ccc(Cl)c(C(C)=C(C)C)c2C)c1OCC(C)C. The van der Waals surface area contributed by atoms with Crippen molar-refractivity contribution in [2.45, 2.75) is 55.0 Å². The van der Waals surface area contributed by atoms with Gasteiger partial charge in [0.05, 0.1) is 12.8 Å². The van der Waals surface area contributed by atoms with Crippen LogP contribution in [0, 0.1) is 12.8 Å². The summed E-state index contributed by atoms with van der Waals surface area (Å²) >= 11 is 6.45. The molecule has 1 heterocycles. The first-order valence-corrected chi connectivity index (χ1v) is 9.73. The maximum atomic E-state index is 13.3. The molecule has 0 N–H and O–H groups in total. The minimum absolute atomic E-state index is 0.0922. The van der Waals surface area contributed by atoms with Crippen LogP contribution in [0.5, 0.6) is 5.88 Å². The lowest BCUT2D eigenvalue weighted by molar-refractivity contribution is 0.103. The van der Waals surface area contributed by atoms with Crippen LogP contribution in [0.1, 0.15) is 68.6 Å². The molecule has 0 amide bonds. The van der Waals surface area contributed by atoms with E-state index in [1.165, 1.54) is 5.57 Å². The van der Waals surface area contributed by atoms with E-state index in [-0.39, 0.29) is 5.78 Å². The number of hydrogen-bond donors (Lipinski definition) is 0. The van der Waals surface area contributed by atoms with Crippen molar-refractivity contribution in [1.29, 1.82) is 0 Å². The molecule has 0 aliphatic carbocycles. The molecule has 0 aliphatic rings. The smallest absolute Gasteiger partial charge is 0.223 e. The van der Waals surface area contributed by atoms with Crippen LogP contribution >= 0.6 is 11.6 Å². The highest BCUT2D eigenvalue weighted by Gasteiger charge is 2.23. The first kappa shape index (κ1) is 21.2. The van der Waals surface area contributed by atoms with Crippen LogP contribution in [0.2, 0.25) is 5.02 Å². The lowest BCUT2D eigenvalue weighted by Gasteiger charge is -2.15. The predicted molar refractivity (Wildman–Crippen MR) is 112 cm³/mol. The molecule has 0 radical (unpaired) electrons. The van der Waals surface area contributed by atoms with Gasteiger partial charge in [0.2, 0.25) is 5.88 Å². The number of carbonyl (C=O) groups excluding carboxylic acids is 1. The van der Waals surface area contributed by atoms with Crippen molar-refractivity contribution in [3.05, 3.63) is 51.2 Å². The van der Waals surface area contributed by atoms with Gasteiger partial charge in [-0.05, 0) is 69.4 Å². The van der Waals surface area contributed by atoms with E-state index in [0.29, 0.717) is 41.1 Å². The molecule has 0 atom stereocenters. The van der Waals surface area contributed by atoms with Crippen LogP contribution in [-0.2, 0) is 6.54 Å². The van der Waals surface area contributed by atoms with E-state index in [1.807, 2.05) is 34.6 Å². The highest BCUT2D eigenvalue weighted by Crippen LogP contribution is 2.33. The monoisotopic (exact) mass is 388 g/mol. The molecule has 0 bridgehead atoms. The van der Waals surface area contributed by atoms with Crippen LogP contribution in [0.4, 0.5) is 0 Å². The lowest BCUT2D eigenvalue weighted by Crippen LogP contribution is -2.13. The number of aryl methyl sites for hydroxylation is 1. The first-order chi connectivity index (χ1) is 12.7. The van der Waals surface area contributed by atoms with E-state index in [4.69, 9.17) is 16.3 Å². The van der Waals surface area contributed by atoms with Gasteiger partial charge in [-0.25, -0.2) is 4.68 Å². The van der Waals surface area contributed by atoms with Crippen molar-refractivity contribution in [2.24, 2.45) is 5.92 Å². The Balaban J connectivity index is 2.55.